The zero-order chi connectivity index (χ0) is 26.5. The molecule has 8 amide bonds. The molecule has 1 aliphatic rings. The molecule has 0 aromatic rings. The predicted octanol–water partition coefficient (Wildman–Crippen LogP) is -7.06. The Hall–Kier alpha value is -4.28. The van der Waals surface area contributed by atoms with E-state index >= 15 is 0 Å². The summed E-state index contributed by atoms with van der Waals surface area (Å²) in [5.41, 5.74) is 9.95. The van der Waals surface area contributed by atoms with Crippen LogP contribution in [0.4, 0.5) is 0 Å². The molecule has 11 N–H and O–H groups in total. The molecule has 3 atom stereocenters. The molecule has 1 fully saturated rings. The molecule has 0 radical (unpaired) electrons. The molecule has 0 saturated carbocycles. The molecule has 17 heteroatoms. The standard InChI is InChI=1S/C18H28N8O9/c19-11(28)3-9(17(34)22-4-12(20)29)26-18(35)10(7-27)25-15(32)6-21-14(31)5-23-16(33)8-1-2-13(30)24-8/h8-10,27H,1-7H2,(H2,19,28)(H2,20,29)(H,21,31)(H,22,34)(H,23,33)(H,24,30)(H,25,32)(H,26,35)/t8-,9-,10-/m0/s1. The van der Waals surface area contributed by atoms with Gasteiger partial charge in [0.15, 0.2) is 0 Å². The first-order valence-corrected chi connectivity index (χ1v) is 10.3. The van der Waals surface area contributed by atoms with E-state index in [1.807, 2.05) is 0 Å². The fraction of sp³-hybridized carbons (Fsp3) is 0.556. The number of amides is 8. The van der Waals surface area contributed by atoms with Gasteiger partial charge in [-0.05, 0) is 6.42 Å². The van der Waals surface area contributed by atoms with Crippen molar-refractivity contribution in [1.29, 1.82) is 0 Å². The van der Waals surface area contributed by atoms with Crippen molar-refractivity contribution in [2.45, 2.75) is 37.4 Å². The minimum atomic E-state index is -1.57. The number of hydrogen-bond donors (Lipinski definition) is 9. The quantitative estimate of drug-likeness (QED) is 0.109. The second kappa shape index (κ2) is 14.1. The Balaban J connectivity index is 2.50. The molecule has 1 rings (SSSR count). The summed E-state index contributed by atoms with van der Waals surface area (Å²) >= 11 is 0. The van der Waals surface area contributed by atoms with Crippen LogP contribution in [-0.2, 0) is 38.4 Å². The van der Waals surface area contributed by atoms with E-state index in [4.69, 9.17) is 11.5 Å². The molecule has 17 nitrogen and oxygen atoms in total. The van der Waals surface area contributed by atoms with Crippen LogP contribution in [0.25, 0.3) is 0 Å². The molecular formula is C18H28N8O9. The molecule has 35 heavy (non-hydrogen) atoms. The summed E-state index contributed by atoms with van der Waals surface area (Å²) in [7, 11) is 0. The van der Waals surface area contributed by atoms with Gasteiger partial charge in [-0.2, -0.15) is 0 Å². The summed E-state index contributed by atoms with van der Waals surface area (Å²) in [5, 5.41) is 22.6. The number of carbonyl (C=O) groups excluding carboxylic acids is 8. The Morgan fingerprint density at radius 1 is 0.857 bits per heavy atom. The van der Waals surface area contributed by atoms with Crippen LogP contribution in [0, 0.1) is 0 Å². The number of rotatable bonds is 14. The largest absolute Gasteiger partial charge is 0.394 e. The summed E-state index contributed by atoms with van der Waals surface area (Å²) in [6.45, 7) is -2.57. The molecule has 1 heterocycles. The highest BCUT2D eigenvalue weighted by molar-refractivity contribution is 5.96. The first kappa shape index (κ1) is 28.8. The summed E-state index contributed by atoms with van der Waals surface area (Å²) in [5.74, 6) is -6.32. The average Bonchev–Trinajstić information content (AvgIpc) is 3.23. The van der Waals surface area contributed by atoms with Gasteiger partial charge < -0.3 is 48.5 Å². The van der Waals surface area contributed by atoms with Gasteiger partial charge in [0.1, 0.15) is 18.1 Å². The van der Waals surface area contributed by atoms with Gasteiger partial charge in [-0.15, -0.1) is 0 Å². The van der Waals surface area contributed by atoms with Crippen molar-refractivity contribution in [2.75, 3.05) is 26.2 Å². The highest BCUT2D eigenvalue weighted by Gasteiger charge is 2.29. The molecular weight excluding hydrogens is 472 g/mol. The molecule has 0 aromatic carbocycles. The molecule has 0 unspecified atom stereocenters. The van der Waals surface area contributed by atoms with E-state index in [0.29, 0.717) is 6.42 Å². The lowest BCUT2D eigenvalue weighted by molar-refractivity contribution is -0.134. The van der Waals surface area contributed by atoms with Crippen molar-refractivity contribution >= 4 is 47.3 Å². The summed E-state index contributed by atoms with van der Waals surface area (Å²) in [4.78, 5) is 93.1. The first-order chi connectivity index (χ1) is 16.4. The lowest BCUT2D eigenvalue weighted by Gasteiger charge is -2.21. The van der Waals surface area contributed by atoms with Crippen molar-refractivity contribution in [2.24, 2.45) is 11.5 Å². The molecule has 1 aliphatic heterocycles. The van der Waals surface area contributed by atoms with Crippen LogP contribution in [0.15, 0.2) is 0 Å². The van der Waals surface area contributed by atoms with Gasteiger partial charge in [0.25, 0.3) is 0 Å². The summed E-state index contributed by atoms with van der Waals surface area (Å²) in [6, 6.07) is -3.82. The highest BCUT2D eigenvalue weighted by Crippen LogP contribution is 2.05. The number of aliphatic hydroxyl groups is 1. The number of nitrogens with two attached hydrogens (primary N) is 2. The van der Waals surface area contributed by atoms with Crippen LogP contribution in [0.3, 0.4) is 0 Å². The molecule has 0 aliphatic carbocycles. The monoisotopic (exact) mass is 500 g/mol. The van der Waals surface area contributed by atoms with Crippen molar-refractivity contribution in [1.82, 2.24) is 31.9 Å². The Labute approximate surface area is 198 Å². The minimum Gasteiger partial charge on any atom is -0.394 e. The van der Waals surface area contributed by atoms with Gasteiger partial charge in [-0.3, -0.25) is 38.4 Å². The fourth-order valence-electron chi connectivity index (χ4n) is 2.76. The number of primary amides is 2. The molecule has 1 saturated heterocycles. The maximum Gasteiger partial charge on any atom is 0.245 e. The predicted molar refractivity (Wildman–Crippen MR) is 114 cm³/mol. The molecule has 194 valence electrons. The minimum absolute atomic E-state index is 0.200. The van der Waals surface area contributed by atoms with Gasteiger partial charge in [0.2, 0.25) is 47.3 Å². The number of nitrogens with one attached hydrogen (secondary N) is 6. The van der Waals surface area contributed by atoms with Gasteiger partial charge in [0, 0.05) is 6.42 Å². The first-order valence-electron chi connectivity index (χ1n) is 10.3. The van der Waals surface area contributed by atoms with Crippen LogP contribution in [0.1, 0.15) is 19.3 Å². The Bertz CT molecular complexity index is 878. The summed E-state index contributed by atoms with van der Waals surface area (Å²) < 4.78 is 0. The third-order valence-corrected chi connectivity index (χ3v) is 4.49. The smallest absolute Gasteiger partial charge is 0.245 e. The lowest BCUT2D eigenvalue weighted by Crippen LogP contribution is -2.57. The van der Waals surface area contributed by atoms with E-state index in [1.54, 1.807) is 0 Å². The maximum absolute atomic E-state index is 12.3. The van der Waals surface area contributed by atoms with Crippen molar-refractivity contribution in [3.63, 3.8) is 0 Å². The third-order valence-electron chi connectivity index (χ3n) is 4.49. The van der Waals surface area contributed by atoms with Crippen LogP contribution in [0.2, 0.25) is 0 Å². The van der Waals surface area contributed by atoms with Crippen molar-refractivity contribution in [3.05, 3.63) is 0 Å². The van der Waals surface area contributed by atoms with E-state index in [9.17, 15) is 43.5 Å². The van der Waals surface area contributed by atoms with E-state index in [-0.39, 0.29) is 12.3 Å². The van der Waals surface area contributed by atoms with E-state index in [2.05, 4.69) is 31.9 Å². The normalized spacial score (nSPS) is 16.1. The number of aliphatic hydroxyl groups excluding tert-OH is 1. The zero-order valence-corrected chi connectivity index (χ0v) is 18.5. The van der Waals surface area contributed by atoms with Crippen LogP contribution >= 0.6 is 0 Å². The Kier molecular flexibility index (Phi) is 11.6. The van der Waals surface area contributed by atoms with Gasteiger partial charge in [-0.25, -0.2) is 0 Å². The topological polar surface area (TPSA) is 281 Å². The second-order valence-electron chi connectivity index (χ2n) is 7.37. The SMILES string of the molecule is NC(=O)CNC(=O)[C@H](CC(N)=O)NC(=O)[C@H](CO)NC(=O)CNC(=O)CNC(=O)[C@@H]1CCC(=O)N1. The van der Waals surface area contributed by atoms with Crippen molar-refractivity contribution < 1.29 is 43.5 Å². The number of carbonyl (C=O) groups is 8. The zero-order valence-electron chi connectivity index (χ0n) is 18.5. The maximum atomic E-state index is 12.3. The lowest BCUT2D eigenvalue weighted by atomic mass is 10.1. The van der Waals surface area contributed by atoms with Gasteiger partial charge >= 0.3 is 0 Å². The second-order valence-corrected chi connectivity index (χ2v) is 7.37. The van der Waals surface area contributed by atoms with Gasteiger partial charge in [-0.1, -0.05) is 0 Å². The van der Waals surface area contributed by atoms with Gasteiger partial charge in [0.05, 0.1) is 32.7 Å². The van der Waals surface area contributed by atoms with Crippen LogP contribution in [-0.4, -0.2) is 96.7 Å². The highest BCUT2D eigenvalue weighted by atomic mass is 16.3. The van der Waals surface area contributed by atoms with Crippen LogP contribution in [0.5, 0.6) is 0 Å². The average molecular weight is 500 g/mol. The molecule has 0 aromatic heterocycles. The van der Waals surface area contributed by atoms with Crippen LogP contribution < -0.4 is 43.4 Å². The molecule has 0 spiro atoms. The Morgan fingerprint density at radius 2 is 1.51 bits per heavy atom. The van der Waals surface area contributed by atoms with Crippen molar-refractivity contribution in [3.8, 4) is 0 Å². The summed E-state index contributed by atoms with van der Waals surface area (Å²) in [6.07, 6.45) is -0.146. The molecule has 0 bridgehead atoms. The number of hydrogen-bond acceptors (Lipinski definition) is 9. The van der Waals surface area contributed by atoms with E-state index < -0.39 is 92.1 Å². The van der Waals surface area contributed by atoms with E-state index in [1.165, 1.54) is 0 Å². The Morgan fingerprint density at radius 3 is 2.06 bits per heavy atom. The van der Waals surface area contributed by atoms with E-state index in [0.717, 1.165) is 0 Å². The third kappa shape index (κ3) is 10.9. The fourth-order valence-corrected chi connectivity index (χ4v) is 2.76.